The molecule has 0 aromatic heterocycles. The van der Waals surface area contributed by atoms with Gasteiger partial charge in [-0.05, 0) is 36.1 Å². The van der Waals surface area contributed by atoms with Crippen LogP contribution in [-0.4, -0.2) is 11.1 Å². The second-order valence-corrected chi connectivity index (χ2v) is 3.79. The number of benzene rings is 1. The van der Waals surface area contributed by atoms with Gasteiger partial charge in [-0.3, -0.25) is 0 Å². The fourth-order valence-corrected chi connectivity index (χ4v) is 1.85. The van der Waals surface area contributed by atoms with Crippen molar-refractivity contribution < 1.29 is 9.90 Å². The zero-order chi connectivity index (χ0) is 10.3. The Kier molecular flexibility index (Phi) is 2.08. The van der Waals surface area contributed by atoms with Gasteiger partial charge in [0.05, 0.1) is 5.57 Å². The van der Waals surface area contributed by atoms with E-state index in [4.69, 9.17) is 16.7 Å². The lowest BCUT2D eigenvalue weighted by atomic mass is 10.0. The Bertz CT molecular complexity index is 447. The fourth-order valence-electron chi connectivity index (χ4n) is 1.69. The van der Waals surface area contributed by atoms with Crippen molar-refractivity contribution in [1.82, 2.24) is 0 Å². The molecule has 0 aliphatic heterocycles. The van der Waals surface area contributed by atoms with Gasteiger partial charge < -0.3 is 5.11 Å². The summed E-state index contributed by atoms with van der Waals surface area (Å²) < 4.78 is 0. The summed E-state index contributed by atoms with van der Waals surface area (Å²) in [6.07, 6.45) is 2.41. The number of hydrogen-bond acceptors (Lipinski definition) is 1. The molecule has 0 amide bonds. The summed E-state index contributed by atoms with van der Waals surface area (Å²) in [5.74, 6) is -0.885. The van der Waals surface area contributed by atoms with Crippen molar-refractivity contribution >= 4 is 23.1 Å². The van der Waals surface area contributed by atoms with Crippen molar-refractivity contribution in [3.05, 3.63) is 39.9 Å². The van der Waals surface area contributed by atoms with Gasteiger partial charge in [-0.1, -0.05) is 23.7 Å². The van der Waals surface area contributed by atoms with Gasteiger partial charge in [0.25, 0.3) is 0 Å². The van der Waals surface area contributed by atoms with Crippen molar-refractivity contribution in [2.24, 2.45) is 0 Å². The molecule has 0 radical (unpaired) electrons. The third-order valence-electron chi connectivity index (χ3n) is 2.43. The number of fused-ring (bicyclic) bond motifs is 1. The molecular formula is C11H9ClO2. The largest absolute Gasteiger partial charge is 0.478 e. The first-order chi connectivity index (χ1) is 6.59. The van der Waals surface area contributed by atoms with Gasteiger partial charge in [0.1, 0.15) is 0 Å². The predicted molar refractivity (Wildman–Crippen MR) is 55.5 cm³/mol. The molecule has 0 unspecified atom stereocenters. The fraction of sp³-hybridized carbons (Fsp3) is 0.182. The third-order valence-corrected chi connectivity index (χ3v) is 2.84. The van der Waals surface area contributed by atoms with Crippen LogP contribution < -0.4 is 0 Å². The Morgan fingerprint density at radius 2 is 2.21 bits per heavy atom. The van der Waals surface area contributed by atoms with Gasteiger partial charge in [-0.15, -0.1) is 0 Å². The predicted octanol–water partition coefficient (Wildman–Crippen LogP) is 2.67. The summed E-state index contributed by atoms with van der Waals surface area (Å²) in [5.41, 5.74) is 3.16. The summed E-state index contributed by atoms with van der Waals surface area (Å²) in [6.45, 7) is 1.92. The van der Waals surface area contributed by atoms with Crippen molar-refractivity contribution in [2.45, 2.75) is 13.3 Å². The quantitative estimate of drug-likeness (QED) is 0.771. The monoisotopic (exact) mass is 208 g/mol. The van der Waals surface area contributed by atoms with Gasteiger partial charge in [0, 0.05) is 5.02 Å². The van der Waals surface area contributed by atoms with E-state index in [9.17, 15) is 4.79 Å². The van der Waals surface area contributed by atoms with E-state index in [1.165, 1.54) is 0 Å². The average molecular weight is 209 g/mol. The molecule has 3 heteroatoms. The number of halogens is 1. The summed E-state index contributed by atoms with van der Waals surface area (Å²) in [7, 11) is 0. The van der Waals surface area contributed by atoms with Gasteiger partial charge in [-0.2, -0.15) is 0 Å². The minimum absolute atomic E-state index is 0.363. The SMILES string of the molecule is Cc1cc2c(cc1Cl)C(C(=O)O)=CC2. The lowest BCUT2D eigenvalue weighted by Gasteiger charge is -2.05. The first kappa shape index (κ1) is 9.28. The van der Waals surface area contributed by atoms with Gasteiger partial charge >= 0.3 is 5.97 Å². The Morgan fingerprint density at radius 3 is 2.86 bits per heavy atom. The molecule has 0 bridgehead atoms. The smallest absolute Gasteiger partial charge is 0.335 e. The Morgan fingerprint density at radius 1 is 1.50 bits per heavy atom. The van der Waals surface area contributed by atoms with E-state index in [1.807, 2.05) is 13.0 Å². The maximum absolute atomic E-state index is 10.8. The summed E-state index contributed by atoms with van der Waals surface area (Å²) in [4.78, 5) is 10.8. The molecule has 1 aliphatic carbocycles. The third kappa shape index (κ3) is 1.32. The lowest BCUT2D eigenvalue weighted by molar-refractivity contribution is -0.130. The van der Waals surface area contributed by atoms with Crippen LogP contribution in [0.4, 0.5) is 0 Å². The second-order valence-electron chi connectivity index (χ2n) is 3.39. The number of rotatable bonds is 1. The van der Waals surface area contributed by atoms with E-state index in [1.54, 1.807) is 12.1 Å². The summed E-state index contributed by atoms with van der Waals surface area (Å²) >= 11 is 5.94. The van der Waals surface area contributed by atoms with Crippen molar-refractivity contribution in [3.63, 3.8) is 0 Å². The number of aryl methyl sites for hydroxylation is 1. The highest BCUT2D eigenvalue weighted by Crippen LogP contribution is 2.31. The lowest BCUT2D eigenvalue weighted by Crippen LogP contribution is -1.98. The molecule has 1 aromatic carbocycles. The summed E-state index contributed by atoms with van der Waals surface area (Å²) in [6, 6.07) is 3.68. The van der Waals surface area contributed by atoms with E-state index in [0.29, 0.717) is 17.0 Å². The van der Waals surface area contributed by atoms with Crippen LogP contribution in [0, 0.1) is 6.92 Å². The van der Waals surface area contributed by atoms with Crippen LogP contribution in [0.5, 0.6) is 0 Å². The first-order valence-electron chi connectivity index (χ1n) is 4.32. The highest BCUT2D eigenvalue weighted by atomic mass is 35.5. The molecule has 0 fully saturated rings. The highest BCUT2D eigenvalue weighted by molar-refractivity contribution is 6.32. The molecule has 0 saturated heterocycles. The van der Waals surface area contributed by atoms with Crippen molar-refractivity contribution in [1.29, 1.82) is 0 Å². The summed E-state index contributed by atoms with van der Waals surface area (Å²) in [5, 5.41) is 9.53. The van der Waals surface area contributed by atoms with Gasteiger partial charge in [0.2, 0.25) is 0 Å². The molecule has 2 nitrogen and oxygen atoms in total. The molecule has 0 heterocycles. The number of carbonyl (C=O) groups is 1. The Labute approximate surface area is 86.8 Å². The molecule has 2 rings (SSSR count). The van der Waals surface area contributed by atoms with E-state index >= 15 is 0 Å². The normalized spacial score (nSPS) is 13.7. The van der Waals surface area contributed by atoms with E-state index in [0.717, 1.165) is 16.7 Å². The number of allylic oxidation sites excluding steroid dienone is 1. The number of carboxylic acid groups (broad SMARTS) is 1. The number of aliphatic carboxylic acids is 1. The van der Waals surface area contributed by atoms with Crippen LogP contribution in [-0.2, 0) is 11.2 Å². The number of carboxylic acids is 1. The molecule has 1 aromatic rings. The van der Waals surface area contributed by atoms with Gasteiger partial charge in [-0.25, -0.2) is 4.79 Å². The average Bonchev–Trinajstić information content (AvgIpc) is 2.48. The molecule has 72 valence electrons. The maximum Gasteiger partial charge on any atom is 0.335 e. The first-order valence-corrected chi connectivity index (χ1v) is 4.70. The molecule has 14 heavy (non-hydrogen) atoms. The van der Waals surface area contributed by atoms with Crippen LogP contribution in [0.15, 0.2) is 18.2 Å². The minimum atomic E-state index is -0.885. The van der Waals surface area contributed by atoms with Crippen molar-refractivity contribution in [3.8, 4) is 0 Å². The number of hydrogen-bond donors (Lipinski definition) is 1. The van der Waals surface area contributed by atoms with E-state index < -0.39 is 5.97 Å². The molecular weight excluding hydrogens is 200 g/mol. The van der Waals surface area contributed by atoms with Crippen LogP contribution in [0.1, 0.15) is 16.7 Å². The standard InChI is InChI=1S/C11H9ClO2/c1-6-4-7-2-3-8(11(13)14)9(7)5-10(6)12/h3-5H,2H2,1H3,(H,13,14). The van der Waals surface area contributed by atoms with Crippen LogP contribution in [0.2, 0.25) is 5.02 Å². The van der Waals surface area contributed by atoms with Gasteiger partial charge in [0.15, 0.2) is 0 Å². The maximum atomic E-state index is 10.8. The van der Waals surface area contributed by atoms with Crippen LogP contribution in [0.3, 0.4) is 0 Å². The second kappa shape index (κ2) is 3.14. The van der Waals surface area contributed by atoms with Crippen LogP contribution >= 0.6 is 11.6 Å². The van der Waals surface area contributed by atoms with Crippen LogP contribution in [0.25, 0.3) is 5.57 Å². The molecule has 1 N–H and O–H groups in total. The molecule has 0 saturated carbocycles. The molecule has 1 aliphatic rings. The highest BCUT2D eigenvalue weighted by Gasteiger charge is 2.20. The van der Waals surface area contributed by atoms with E-state index in [-0.39, 0.29) is 0 Å². The zero-order valence-corrected chi connectivity index (χ0v) is 8.43. The zero-order valence-electron chi connectivity index (χ0n) is 7.67. The molecule has 0 atom stereocenters. The Balaban J connectivity index is 2.57. The minimum Gasteiger partial charge on any atom is -0.478 e. The Hall–Kier alpha value is -1.28. The van der Waals surface area contributed by atoms with Crippen molar-refractivity contribution in [2.75, 3.05) is 0 Å². The van der Waals surface area contributed by atoms with E-state index in [2.05, 4.69) is 0 Å². The molecule has 0 spiro atoms. The topological polar surface area (TPSA) is 37.3 Å².